The van der Waals surface area contributed by atoms with E-state index in [1.807, 2.05) is 0 Å². The third kappa shape index (κ3) is 2.01. The minimum Gasteiger partial charge on any atom is -0.300 e. The number of allylic oxidation sites excluding steroid dienone is 2. The molecule has 2 unspecified atom stereocenters. The number of Topliss-reactive ketones (excluding diaryl/α,β-unsaturated/α-hetero) is 1. The molecule has 0 amide bonds. The average Bonchev–Trinajstić information content (AvgIpc) is 2.01. The van der Waals surface area contributed by atoms with Gasteiger partial charge in [-0.25, -0.2) is 0 Å². The van der Waals surface area contributed by atoms with Gasteiger partial charge in [-0.1, -0.05) is 25.0 Å². The average molecular weight is 178 g/mol. The molecule has 1 nitrogen and oxygen atoms in total. The Morgan fingerprint density at radius 3 is 2.92 bits per heavy atom. The molecule has 0 spiro atoms. The highest BCUT2D eigenvalue weighted by Crippen LogP contribution is 2.38. The second kappa shape index (κ2) is 3.65. The van der Waals surface area contributed by atoms with Crippen LogP contribution in [0.3, 0.4) is 0 Å². The Kier molecular flexibility index (Phi) is 2.52. The molecule has 0 saturated heterocycles. The molecule has 2 bridgehead atoms. The summed E-state index contributed by atoms with van der Waals surface area (Å²) in [5.74, 6) is 1.78. The zero-order chi connectivity index (χ0) is 9.26. The van der Waals surface area contributed by atoms with Crippen LogP contribution in [0.25, 0.3) is 0 Å². The lowest BCUT2D eigenvalue weighted by Gasteiger charge is -2.32. The van der Waals surface area contributed by atoms with Crippen LogP contribution in [0, 0.1) is 11.8 Å². The van der Waals surface area contributed by atoms with Crippen molar-refractivity contribution >= 4 is 5.78 Å². The molecule has 1 heteroatoms. The molecule has 72 valence electrons. The molecular weight excluding hydrogens is 160 g/mol. The van der Waals surface area contributed by atoms with Crippen molar-refractivity contribution in [2.45, 2.75) is 45.4 Å². The Labute approximate surface area is 80.2 Å². The number of carbonyl (C=O) groups excluding carboxylic acids is 1. The van der Waals surface area contributed by atoms with Crippen molar-refractivity contribution in [2.24, 2.45) is 11.8 Å². The van der Waals surface area contributed by atoms with Crippen molar-refractivity contribution < 1.29 is 4.79 Å². The lowest BCUT2D eigenvalue weighted by Crippen LogP contribution is -2.25. The van der Waals surface area contributed by atoms with E-state index < -0.39 is 0 Å². The number of hydrogen-bond donors (Lipinski definition) is 0. The monoisotopic (exact) mass is 178 g/mol. The van der Waals surface area contributed by atoms with E-state index in [9.17, 15) is 4.79 Å². The standard InChI is InChI=1S/C12H18O/c1-2-3-9-4-10-6-11(5-9)8-12(13)7-10/h4,10-11H,2-3,5-8H2,1H3. The first-order valence-electron chi connectivity index (χ1n) is 5.49. The first-order chi connectivity index (χ1) is 6.28. The van der Waals surface area contributed by atoms with Crippen LogP contribution in [0.15, 0.2) is 11.6 Å². The van der Waals surface area contributed by atoms with E-state index >= 15 is 0 Å². The van der Waals surface area contributed by atoms with Crippen LogP contribution < -0.4 is 0 Å². The lowest BCUT2D eigenvalue weighted by atomic mass is 9.72. The van der Waals surface area contributed by atoms with Crippen molar-refractivity contribution in [1.29, 1.82) is 0 Å². The van der Waals surface area contributed by atoms with Crippen molar-refractivity contribution in [3.8, 4) is 0 Å². The summed E-state index contributed by atoms with van der Waals surface area (Å²) in [5, 5.41) is 0. The van der Waals surface area contributed by atoms with Gasteiger partial charge in [-0.05, 0) is 31.1 Å². The van der Waals surface area contributed by atoms with Crippen molar-refractivity contribution in [2.75, 3.05) is 0 Å². The molecule has 2 rings (SSSR count). The molecule has 2 atom stereocenters. The van der Waals surface area contributed by atoms with Gasteiger partial charge in [0.05, 0.1) is 0 Å². The predicted octanol–water partition coefficient (Wildman–Crippen LogP) is 3.10. The molecule has 0 aliphatic heterocycles. The molecule has 1 saturated carbocycles. The van der Waals surface area contributed by atoms with E-state index in [0.717, 1.165) is 12.8 Å². The first-order valence-corrected chi connectivity index (χ1v) is 5.49. The van der Waals surface area contributed by atoms with Gasteiger partial charge in [0.1, 0.15) is 5.78 Å². The Balaban J connectivity index is 2.07. The molecule has 0 heterocycles. The van der Waals surface area contributed by atoms with Gasteiger partial charge in [-0.3, -0.25) is 4.79 Å². The maximum absolute atomic E-state index is 11.3. The van der Waals surface area contributed by atoms with E-state index in [2.05, 4.69) is 13.0 Å². The summed E-state index contributed by atoms with van der Waals surface area (Å²) in [5.41, 5.74) is 1.62. The van der Waals surface area contributed by atoms with Crippen molar-refractivity contribution in [3.63, 3.8) is 0 Å². The Bertz CT molecular complexity index is 240. The highest BCUT2D eigenvalue weighted by atomic mass is 16.1. The highest BCUT2D eigenvalue weighted by molar-refractivity contribution is 5.80. The number of fused-ring (bicyclic) bond motifs is 2. The maximum atomic E-state index is 11.3. The molecule has 1 fully saturated rings. The largest absolute Gasteiger partial charge is 0.300 e. The minimum atomic E-state index is 0.494. The summed E-state index contributed by atoms with van der Waals surface area (Å²) in [4.78, 5) is 11.3. The summed E-state index contributed by atoms with van der Waals surface area (Å²) >= 11 is 0. The molecular formula is C12H18O. The Morgan fingerprint density at radius 1 is 1.38 bits per heavy atom. The van der Waals surface area contributed by atoms with Crippen LogP contribution in [0.4, 0.5) is 0 Å². The Hall–Kier alpha value is -0.590. The fourth-order valence-electron chi connectivity index (χ4n) is 2.85. The van der Waals surface area contributed by atoms with Gasteiger partial charge in [0.25, 0.3) is 0 Å². The topological polar surface area (TPSA) is 17.1 Å². The van der Waals surface area contributed by atoms with Crippen LogP contribution in [0.2, 0.25) is 0 Å². The van der Waals surface area contributed by atoms with Crippen LogP contribution in [0.5, 0.6) is 0 Å². The summed E-state index contributed by atoms with van der Waals surface area (Å²) in [6, 6.07) is 0. The van der Waals surface area contributed by atoms with Crippen LogP contribution in [-0.4, -0.2) is 5.78 Å². The normalized spacial score (nSPS) is 33.0. The smallest absolute Gasteiger partial charge is 0.133 e. The first kappa shape index (κ1) is 8.98. The second-order valence-corrected chi connectivity index (χ2v) is 4.59. The van der Waals surface area contributed by atoms with E-state index in [4.69, 9.17) is 0 Å². The zero-order valence-corrected chi connectivity index (χ0v) is 8.38. The van der Waals surface area contributed by atoms with Gasteiger partial charge in [-0.2, -0.15) is 0 Å². The van der Waals surface area contributed by atoms with Crippen molar-refractivity contribution in [3.05, 3.63) is 11.6 Å². The SMILES string of the molecule is CCCC1=CC2CC(=O)CC(C1)C2. The van der Waals surface area contributed by atoms with E-state index in [1.165, 1.54) is 25.7 Å². The molecule has 2 aliphatic carbocycles. The highest BCUT2D eigenvalue weighted by Gasteiger charge is 2.29. The van der Waals surface area contributed by atoms with Gasteiger partial charge < -0.3 is 0 Å². The van der Waals surface area contributed by atoms with Gasteiger partial charge in [0.15, 0.2) is 0 Å². The summed E-state index contributed by atoms with van der Waals surface area (Å²) in [7, 11) is 0. The van der Waals surface area contributed by atoms with E-state index in [-0.39, 0.29) is 0 Å². The Morgan fingerprint density at radius 2 is 2.23 bits per heavy atom. The molecule has 0 aromatic heterocycles. The zero-order valence-electron chi connectivity index (χ0n) is 8.38. The van der Waals surface area contributed by atoms with Crippen LogP contribution in [-0.2, 0) is 4.79 Å². The fraction of sp³-hybridized carbons (Fsp3) is 0.750. The number of hydrogen-bond acceptors (Lipinski definition) is 1. The van der Waals surface area contributed by atoms with Gasteiger partial charge in [0, 0.05) is 12.8 Å². The fourth-order valence-corrected chi connectivity index (χ4v) is 2.85. The molecule has 2 aliphatic rings. The van der Waals surface area contributed by atoms with E-state index in [0.29, 0.717) is 17.6 Å². The summed E-state index contributed by atoms with van der Waals surface area (Å²) in [6.07, 6.45) is 9.05. The minimum absolute atomic E-state index is 0.494. The molecule has 0 N–H and O–H groups in total. The molecule has 13 heavy (non-hydrogen) atoms. The number of ketones is 1. The predicted molar refractivity (Wildman–Crippen MR) is 53.4 cm³/mol. The third-order valence-electron chi connectivity index (χ3n) is 3.24. The molecule has 0 radical (unpaired) electrons. The van der Waals surface area contributed by atoms with E-state index in [1.54, 1.807) is 5.57 Å². The van der Waals surface area contributed by atoms with Gasteiger partial charge >= 0.3 is 0 Å². The molecule has 0 aromatic rings. The second-order valence-electron chi connectivity index (χ2n) is 4.59. The maximum Gasteiger partial charge on any atom is 0.133 e. The third-order valence-corrected chi connectivity index (χ3v) is 3.24. The number of rotatable bonds is 2. The summed E-state index contributed by atoms with van der Waals surface area (Å²) in [6.45, 7) is 2.23. The quantitative estimate of drug-likeness (QED) is 0.594. The van der Waals surface area contributed by atoms with Gasteiger partial charge in [-0.15, -0.1) is 0 Å². The number of carbonyl (C=O) groups is 1. The molecule has 0 aromatic carbocycles. The van der Waals surface area contributed by atoms with Crippen LogP contribution >= 0.6 is 0 Å². The summed E-state index contributed by atoms with van der Waals surface area (Å²) < 4.78 is 0. The van der Waals surface area contributed by atoms with Crippen molar-refractivity contribution in [1.82, 2.24) is 0 Å². The van der Waals surface area contributed by atoms with Crippen LogP contribution in [0.1, 0.15) is 45.4 Å². The lowest BCUT2D eigenvalue weighted by molar-refractivity contribution is -0.122. The van der Waals surface area contributed by atoms with Gasteiger partial charge in [0.2, 0.25) is 0 Å².